The van der Waals surface area contributed by atoms with E-state index in [-0.39, 0.29) is 18.5 Å². The van der Waals surface area contributed by atoms with E-state index in [2.05, 4.69) is 0 Å². The van der Waals surface area contributed by atoms with Crippen LogP contribution in [0, 0.1) is 0 Å². The summed E-state index contributed by atoms with van der Waals surface area (Å²) in [5.74, 6) is 0. The van der Waals surface area contributed by atoms with Gasteiger partial charge in [-0.25, -0.2) is 0 Å². The molecule has 0 spiro atoms. The van der Waals surface area contributed by atoms with Gasteiger partial charge in [0, 0.05) is 6.42 Å². The molecular weight excluding hydrogens is 215 g/mol. The highest BCUT2D eigenvalue weighted by molar-refractivity contribution is 7.58. The molecule has 0 aromatic carbocycles. The molecule has 0 radical (unpaired) electrons. The van der Waals surface area contributed by atoms with E-state index in [9.17, 15) is 4.57 Å². The molecule has 0 rings (SSSR count). The van der Waals surface area contributed by atoms with Crippen molar-refractivity contribution in [1.82, 2.24) is 0 Å². The minimum Gasteiger partial charge on any atom is -0.515 e. The first-order valence-electron chi connectivity index (χ1n) is 4.98. The van der Waals surface area contributed by atoms with Crippen molar-refractivity contribution in [2.24, 2.45) is 0 Å². The maximum absolute atomic E-state index is 12.1. The molecule has 0 aliphatic heterocycles. The van der Waals surface area contributed by atoms with Crippen molar-refractivity contribution in [1.29, 1.82) is 0 Å². The third-order valence-corrected chi connectivity index (χ3v) is 3.86. The average molecular weight is 234 g/mol. The molecule has 1 N–H and O–H groups in total. The minimum atomic E-state index is -3.30. The van der Waals surface area contributed by atoms with Gasteiger partial charge in [-0.15, -0.1) is 0 Å². The lowest BCUT2D eigenvalue weighted by Crippen LogP contribution is -1.98. The lowest BCUT2D eigenvalue weighted by Gasteiger charge is -2.18. The summed E-state index contributed by atoms with van der Waals surface area (Å²) >= 11 is 0. The zero-order valence-electron chi connectivity index (χ0n) is 9.47. The van der Waals surface area contributed by atoms with E-state index in [1.54, 1.807) is 19.9 Å². The molecule has 0 saturated heterocycles. The first-order valence-corrected chi connectivity index (χ1v) is 6.52. The number of hydrogen-bond donors (Lipinski definition) is 1. The van der Waals surface area contributed by atoms with Gasteiger partial charge in [0.2, 0.25) is 0 Å². The predicted octanol–water partition coefficient (Wildman–Crippen LogP) is 3.62. The van der Waals surface area contributed by atoms with Crippen molar-refractivity contribution >= 4 is 7.60 Å². The van der Waals surface area contributed by atoms with Crippen LogP contribution in [-0.2, 0) is 13.6 Å². The molecule has 0 heterocycles. The Labute approximate surface area is 91.1 Å². The van der Waals surface area contributed by atoms with Gasteiger partial charge in [0.05, 0.1) is 24.8 Å². The Kier molecular flexibility index (Phi) is 7.39. The molecule has 0 bridgehead atoms. The van der Waals surface area contributed by atoms with E-state index in [0.717, 1.165) is 6.26 Å². The highest BCUT2D eigenvalue weighted by Crippen LogP contribution is 2.57. The van der Waals surface area contributed by atoms with Crippen LogP contribution in [0.2, 0.25) is 0 Å². The number of rotatable bonds is 7. The van der Waals surface area contributed by atoms with E-state index >= 15 is 0 Å². The van der Waals surface area contributed by atoms with Crippen molar-refractivity contribution in [3.63, 3.8) is 0 Å². The molecule has 88 valence electrons. The molecule has 4 nitrogen and oxygen atoms in total. The van der Waals surface area contributed by atoms with E-state index in [4.69, 9.17) is 14.2 Å². The van der Waals surface area contributed by atoms with Crippen molar-refractivity contribution in [2.45, 2.75) is 27.2 Å². The number of hydrogen-bond acceptors (Lipinski definition) is 4. The first kappa shape index (κ1) is 14.4. The molecule has 0 fully saturated rings. The Morgan fingerprint density at radius 1 is 1.33 bits per heavy atom. The molecule has 0 unspecified atom stereocenters. The highest BCUT2D eigenvalue weighted by atomic mass is 31.2. The zero-order valence-corrected chi connectivity index (χ0v) is 10.4. The average Bonchev–Trinajstić information content (AvgIpc) is 2.19. The zero-order chi connectivity index (χ0) is 11.7. The lowest BCUT2D eigenvalue weighted by atomic mass is 10.4. The van der Waals surface area contributed by atoms with E-state index in [0.29, 0.717) is 6.42 Å². The number of allylic oxidation sites excluding steroid dienone is 3. The third kappa shape index (κ3) is 4.65. The van der Waals surface area contributed by atoms with Crippen LogP contribution >= 0.6 is 7.60 Å². The van der Waals surface area contributed by atoms with Crippen LogP contribution in [0.1, 0.15) is 27.2 Å². The minimum absolute atomic E-state index is 0.282. The van der Waals surface area contributed by atoms with Crippen molar-refractivity contribution in [3.8, 4) is 0 Å². The normalized spacial score (nSPS) is 13.7. The maximum atomic E-state index is 12.1. The summed E-state index contributed by atoms with van der Waals surface area (Å²) in [6, 6.07) is 0. The van der Waals surface area contributed by atoms with Gasteiger partial charge in [0.25, 0.3) is 0 Å². The van der Waals surface area contributed by atoms with Crippen LogP contribution < -0.4 is 0 Å². The summed E-state index contributed by atoms with van der Waals surface area (Å²) in [5.41, 5.74) is 0. The van der Waals surface area contributed by atoms with Crippen LogP contribution in [-0.4, -0.2) is 18.3 Å². The first-order chi connectivity index (χ1) is 7.14. The van der Waals surface area contributed by atoms with Gasteiger partial charge < -0.3 is 14.2 Å². The SMILES string of the molecule is C/C=C/C/C(=C\O)P(=O)(OCC)OCC. The van der Waals surface area contributed by atoms with Gasteiger partial charge in [-0.3, -0.25) is 4.57 Å². The Balaban J connectivity index is 4.78. The largest absolute Gasteiger partial charge is 0.515 e. The molecular formula is C10H19O4P. The van der Waals surface area contributed by atoms with Crippen LogP contribution in [0.25, 0.3) is 0 Å². The van der Waals surface area contributed by atoms with Crippen molar-refractivity contribution in [2.75, 3.05) is 13.2 Å². The van der Waals surface area contributed by atoms with Crippen LogP contribution in [0.3, 0.4) is 0 Å². The monoisotopic (exact) mass is 234 g/mol. The van der Waals surface area contributed by atoms with Gasteiger partial charge in [-0.2, -0.15) is 0 Å². The summed E-state index contributed by atoms with van der Waals surface area (Å²) in [6.07, 6.45) is 4.77. The molecule has 0 aliphatic rings. The topological polar surface area (TPSA) is 55.8 Å². The van der Waals surface area contributed by atoms with E-state index in [1.807, 2.05) is 13.0 Å². The van der Waals surface area contributed by atoms with Crippen LogP contribution in [0.5, 0.6) is 0 Å². The molecule has 0 aromatic rings. The quantitative estimate of drug-likeness (QED) is 0.415. The Morgan fingerprint density at radius 2 is 1.87 bits per heavy atom. The standard InChI is InChI=1S/C10H19O4P/c1-4-7-8-10(9-11)15(12,13-5-2)14-6-3/h4,7,9,11H,5-6,8H2,1-3H3/b7-4+,10-9+. The lowest BCUT2D eigenvalue weighted by molar-refractivity contribution is 0.225. The summed E-state index contributed by atoms with van der Waals surface area (Å²) in [7, 11) is -3.30. The summed E-state index contributed by atoms with van der Waals surface area (Å²) in [4.78, 5) is 0. The summed E-state index contributed by atoms with van der Waals surface area (Å²) in [6.45, 7) is 5.88. The molecule has 0 aromatic heterocycles. The summed E-state index contributed by atoms with van der Waals surface area (Å²) in [5, 5.41) is 9.30. The smallest absolute Gasteiger partial charge is 0.360 e. The molecule has 5 heteroatoms. The van der Waals surface area contributed by atoms with E-state index < -0.39 is 7.60 Å². The fraction of sp³-hybridized carbons (Fsp3) is 0.600. The molecule has 0 amide bonds. The van der Waals surface area contributed by atoms with Crippen molar-refractivity contribution < 1.29 is 18.7 Å². The molecule has 15 heavy (non-hydrogen) atoms. The molecule has 0 saturated carbocycles. The van der Waals surface area contributed by atoms with Gasteiger partial charge in [0.15, 0.2) is 0 Å². The highest BCUT2D eigenvalue weighted by Gasteiger charge is 2.28. The predicted molar refractivity (Wildman–Crippen MR) is 61.0 cm³/mol. The van der Waals surface area contributed by atoms with Crippen LogP contribution in [0.4, 0.5) is 0 Å². The van der Waals surface area contributed by atoms with Crippen molar-refractivity contribution in [3.05, 3.63) is 23.7 Å². The fourth-order valence-corrected chi connectivity index (χ4v) is 2.57. The maximum Gasteiger partial charge on any atom is 0.360 e. The Morgan fingerprint density at radius 3 is 2.20 bits per heavy atom. The van der Waals surface area contributed by atoms with Crippen LogP contribution in [0.15, 0.2) is 23.7 Å². The van der Waals surface area contributed by atoms with Gasteiger partial charge >= 0.3 is 7.60 Å². The Hall–Kier alpha value is -0.570. The Bertz CT molecular complexity index is 261. The van der Waals surface area contributed by atoms with Gasteiger partial charge in [0.1, 0.15) is 0 Å². The second-order valence-electron chi connectivity index (χ2n) is 2.73. The second-order valence-corrected chi connectivity index (χ2v) is 4.81. The molecule has 0 atom stereocenters. The fourth-order valence-electron chi connectivity index (χ4n) is 1.02. The second kappa shape index (κ2) is 7.69. The van der Waals surface area contributed by atoms with Gasteiger partial charge in [-0.05, 0) is 20.8 Å². The number of aliphatic hydroxyl groups is 1. The third-order valence-electron chi connectivity index (χ3n) is 1.66. The van der Waals surface area contributed by atoms with E-state index in [1.165, 1.54) is 0 Å². The summed E-state index contributed by atoms with van der Waals surface area (Å²) < 4.78 is 22.3. The van der Waals surface area contributed by atoms with Gasteiger partial charge in [-0.1, -0.05) is 12.2 Å². The molecule has 0 aliphatic carbocycles. The number of aliphatic hydroxyl groups excluding tert-OH is 1.